The van der Waals surface area contributed by atoms with Crippen LogP contribution in [0.25, 0.3) is 0 Å². The van der Waals surface area contributed by atoms with E-state index in [0.717, 1.165) is 0 Å². The Labute approximate surface area is 83.5 Å². The highest BCUT2D eigenvalue weighted by Gasteiger charge is 2.13. The number of nitrogens with two attached hydrogens (primary N) is 2. The van der Waals surface area contributed by atoms with Gasteiger partial charge in [-0.2, -0.15) is 12.6 Å². The monoisotopic (exact) mass is 204 g/mol. The Morgan fingerprint density at radius 2 is 1.85 bits per heavy atom. The summed E-state index contributed by atoms with van der Waals surface area (Å²) in [5.74, 6) is -0.200. The van der Waals surface area contributed by atoms with Crippen LogP contribution in [-0.4, -0.2) is 17.6 Å². The summed E-state index contributed by atoms with van der Waals surface area (Å²) in [7, 11) is 0. The number of carbonyl (C=O) groups excluding carboxylic acids is 2. The molecule has 13 heavy (non-hydrogen) atoms. The zero-order valence-electron chi connectivity index (χ0n) is 7.53. The highest BCUT2D eigenvalue weighted by Crippen LogP contribution is 2.12. The normalized spacial score (nSPS) is 12.4. The van der Waals surface area contributed by atoms with Crippen LogP contribution in [0.4, 0.5) is 0 Å². The Morgan fingerprint density at radius 3 is 2.23 bits per heavy atom. The summed E-state index contributed by atoms with van der Waals surface area (Å²) in [5.41, 5.74) is 10.1. The Kier molecular flexibility index (Phi) is 6.40. The molecule has 4 nitrogen and oxygen atoms in total. The van der Waals surface area contributed by atoms with Crippen molar-refractivity contribution < 1.29 is 9.59 Å². The van der Waals surface area contributed by atoms with Gasteiger partial charge in [-0.1, -0.05) is 0 Å². The van der Waals surface area contributed by atoms with E-state index in [1.54, 1.807) is 0 Å². The predicted molar refractivity (Wildman–Crippen MR) is 54.2 cm³/mol. The zero-order valence-corrected chi connectivity index (χ0v) is 8.43. The lowest BCUT2D eigenvalue weighted by molar-refractivity contribution is -0.123. The topological polar surface area (TPSA) is 86.2 Å². The van der Waals surface area contributed by atoms with Crippen LogP contribution in [0.5, 0.6) is 0 Å². The van der Waals surface area contributed by atoms with Gasteiger partial charge in [0, 0.05) is 12.3 Å². The molecule has 0 aliphatic carbocycles. The third-order valence-electron chi connectivity index (χ3n) is 1.86. The molecule has 0 aromatic heterocycles. The average Bonchev–Trinajstić information content (AvgIpc) is 2.02. The summed E-state index contributed by atoms with van der Waals surface area (Å²) in [6.07, 6.45) is 2.23. The SMILES string of the molecule is NC(=O)CCCC(CCS)C(N)=O. The molecule has 0 spiro atoms. The van der Waals surface area contributed by atoms with Gasteiger partial charge in [0.1, 0.15) is 0 Å². The second-order valence-electron chi connectivity index (χ2n) is 2.97. The van der Waals surface area contributed by atoms with Crippen molar-refractivity contribution in [2.75, 3.05) is 5.75 Å². The lowest BCUT2D eigenvalue weighted by Gasteiger charge is -2.10. The van der Waals surface area contributed by atoms with Gasteiger partial charge in [-0.05, 0) is 25.0 Å². The van der Waals surface area contributed by atoms with Crippen LogP contribution in [0.3, 0.4) is 0 Å². The molecule has 0 fully saturated rings. The van der Waals surface area contributed by atoms with Gasteiger partial charge in [0.15, 0.2) is 0 Å². The van der Waals surface area contributed by atoms with Crippen LogP contribution < -0.4 is 11.5 Å². The minimum absolute atomic E-state index is 0.170. The molecule has 1 unspecified atom stereocenters. The molecule has 2 amide bonds. The second kappa shape index (κ2) is 6.77. The van der Waals surface area contributed by atoms with Gasteiger partial charge in [-0.15, -0.1) is 0 Å². The summed E-state index contributed by atoms with van der Waals surface area (Å²) in [5, 5.41) is 0. The Bertz CT molecular complexity index is 185. The maximum atomic E-state index is 10.8. The second-order valence-corrected chi connectivity index (χ2v) is 3.42. The van der Waals surface area contributed by atoms with Gasteiger partial charge < -0.3 is 11.5 Å². The van der Waals surface area contributed by atoms with Crippen molar-refractivity contribution in [1.29, 1.82) is 0 Å². The first-order valence-electron chi connectivity index (χ1n) is 4.26. The Morgan fingerprint density at radius 1 is 1.23 bits per heavy atom. The number of rotatable bonds is 7. The number of primary amides is 2. The third kappa shape index (κ3) is 6.45. The zero-order chi connectivity index (χ0) is 10.3. The number of hydrogen-bond acceptors (Lipinski definition) is 3. The average molecular weight is 204 g/mol. The van der Waals surface area contributed by atoms with Gasteiger partial charge >= 0.3 is 0 Å². The number of amides is 2. The summed E-state index contributed by atoms with van der Waals surface area (Å²) < 4.78 is 0. The van der Waals surface area contributed by atoms with Crippen LogP contribution in [0, 0.1) is 5.92 Å². The van der Waals surface area contributed by atoms with Crippen LogP contribution in [0.15, 0.2) is 0 Å². The lowest BCUT2D eigenvalue weighted by atomic mass is 9.98. The molecular weight excluding hydrogens is 188 g/mol. The van der Waals surface area contributed by atoms with Crippen molar-refractivity contribution in [2.24, 2.45) is 17.4 Å². The van der Waals surface area contributed by atoms with Gasteiger partial charge in [-0.3, -0.25) is 9.59 Å². The first-order chi connectivity index (χ1) is 6.07. The van der Waals surface area contributed by atoms with Crippen molar-refractivity contribution in [1.82, 2.24) is 0 Å². The molecule has 0 aromatic carbocycles. The molecule has 0 aliphatic heterocycles. The highest BCUT2D eigenvalue weighted by molar-refractivity contribution is 7.80. The highest BCUT2D eigenvalue weighted by atomic mass is 32.1. The van der Waals surface area contributed by atoms with Crippen LogP contribution in [0.1, 0.15) is 25.7 Å². The fourth-order valence-corrected chi connectivity index (χ4v) is 1.42. The molecule has 5 heteroatoms. The summed E-state index contributed by atoms with van der Waals surface area (Å²) in [6, 6.07) is 0. The summed E-state index contributed by atoms with van der Waals surface area (Å²) >= 11 is 4.02. The van der Waals surface area contributed by atoms with E-state index in [0.29, 0.717) is 31.4 Å². The molecule has 0 rings (SSSR count). The van der Waals surface area contributed by atoms with Gasteiger partial charge in [0.25, 0.3) is 0 Å². The van der Waals surface area contributed by atoms with Gasteiger partial charge in [0.05, 0.1) is 0 Å². The summed E-state index contributed by atoms with van der Waals surface area (Å²) in [6.45, 7) is 0. The van der Waals surface area contributed by atoms with E-state index in [1.165, 1.54) is 0 Å². The van der Waals surface area contributed by atoms with E-state index in [9.17, 15) is 9.59 Å². The molecule has 0 bridgehead atoms. The summed E-state index contributed by atoms with van der Waals surface area (Å²) in [4.78, 5) is 21.2. The first-order valence-corrected chi connectivity index (χ1v) is 4.89. The van der Waals surface area contributed by atoms with Crippen LogP contribution in [0.2, 0.25) is 0 Å². The Hall–Kier alpha value is -0.710. The fourth-order valence-electron chi connectivity index (χ4n) is 1.11. The minimum Gasteiger partial charge on any atom is -0.370 e. The van der Waals surface area contributed by atoms with Gasteiger partial charge in [-0.25, -0.2) is 0 Å². The van der Waals surface area contributed by atoms with E-state index in [-0.39, 0.29) is 17.7 Å². The largest absolute Gasteiger partial charge is 0.370 e. The number of hydrogen-bond donors (Lipinski definition) is 3. The Balaban J connectivity index is 3.69. The van der Waals surface area contributed by atoms with Crippen LogP contribution in [-0.2, 0) is 9.59 Å². The molecule has 0 heterocycles. The smallest absolute Gasteiger partial charge is 0.220 e. The minimum atomic E-state index is -0.339. The molecule has 0 saturated heterocycles. The molecular formula is C8H16N2O2S. The number of carbonyl (C=O) groups is 2. The lowest BCUT2D eigenvalue weighted by Crippen LogP contribution is -2.24. The van der Waals surface area contributed by atoms with E-state index in [2.05, 4.69) is 12.6 Å². The molecule has 1 atom stereocenters. The molecule has 4 N–H and O–H groups in total. The molecule has 0 radical (unpaired) electrons. The van der Waals surface area contributed by atoms with Crippen molar-refractivity contribution in [3.63, 3.8) is 0 Å². The predicted octanol–water partition coefficient (Wildman–Crippen LogP) is 0.0634. The van der Waals surface area contributed by atoms with Crippen molar-refractivity contribution in [3.8, 4) is 0 Å². The van der Waals surface area contributed by atoms with Crippen molar-refractivity contribution >= 4 is 24.4 Å². The van der Waals surface area contributed by atoms with Gasteiger partial charge in [0.2, 0.25) is 11.8 Å². The van der Waals surface area contributed by atoms with E-state index in [4.69, 9.17) is 11.5 Å². The molecule has 0 aromatic rings. The van der Waals surface area contributed by atoms with Crippen molar-refractivity contribution in [2.45, 2.75) is 25.7 Å². The number of thiol groups is 1. The molecule has 0 saturated carbocycles. The van der Waals surface area contributed by atoms with E-state index >= 15 is 0 Å². The van der Waals surface area contributed by atoms with Crippen molar-refractivity contribution in [3.05, 3.63) is 0 Å². The molecule has 76 valence electrons. The quantitative estimate of drug-likeness (QED) is 0.512. The first kappa shape index (κ1) is 12.3. The maximum Gasteiger partial charge on any atom is 0.220 e. The van der Waals surface area contributed by atoms with E-state index < -0.39 is 0 Å². The molecule has 0 aliphatic rings. The third-order valence-corrected chi connectivity index (χ3v) is 2.11. The standard InChI is InChI=1S/C8H16N2O2S/c9-7(11)3-1-2-6(4-5-13)8(10)12/h6,13H,1-5H2,(H2,9,11)(H2,10,12). The maximum absolute atomic E-state index is 10.8. The fraction of sp³-hybridized carbons (Fsp3) is 0.750. The van der Waals surface area contributed by atoms with E-state index in [1.807, 2.05) is 0 Å². The van der Waals surface area contributed by atoms with Crippen LogP contribution >= 0.6 is 12.6 Å².